The van der Waals surface area contributed by atoms with Gasteiger partial charge in [-0.1, -0.05) is 5.16 Å². The molecule has 0 unspecified atom stereocenters. The van der Waals surface area contributed by atoms with Crippen LogP contribution in [0.4, 0.5) is 27.6 Å². The molecule has 1 aromatic carbocycles. The molecule has 140 valence electrons. The molecule has 0 radical (unpaired) electrons. The van der Waals surface area contributed by atoms with Crippen LogP contribution in [0.2, 0.25) is 0 Å². The fourth-order valence-electron chi connectivity index (χ4n) is 1.99. The SMILES string of the molecule is CON=C(c1ccc([N+](=O)[O-])c(C)c1)c1nc(C(F)(F)C(F)(F)F)cs1. The summed E-state index contributed by atoms with van der Waals surface area (Å²) in [6, 6.07) is 3.76. The van der Waals surface area contributed by atoms with Gasteiger partial charge in [0.05, 0.1) is 4.92 Å². The number of oxime groups is 1. The Bertz CT molecular complexity index is 864. The van der Waals surface area contributed by atoms with Crippen LogP contribution >= 0.6 is 11.3 Å². The van der Waals surface area contributed by atoms with E-state index in [0.29, 0.717) is 16.7 Å². The Labute approximate surface area is 147 Å². The summed E-state index contributed by atoms with van der Waals surface area (Å²) in [7, 11) is 1.15. The maximum Gasteiger partial charge on any atom is 0.459 e. The highest BCUT2D eigenvalue weighted by atomic mass is 32.1. The van der Waals surface area contributed by atoms with E-state index < -0.39 is 22.7 Å². The van der Waals surface area contributed by atoms with Crippen molar-refractivity contribution in [1.82, 2.24) is 4.98 Å². The molecule has 6 nitrogen and oxygen atoms in total. The third-order valence-electron chi connectivity index (χ3n) is 3.23. The highest BCUT2D eigenvalue weighted by Gasteiger charge is 2.60. The minimum absolute atomic E-state index is 0.125. The maximum absolute atomic E-state index is 13.4. The van der Waals surface area contributed by atoms with E-state index in [0.717, 1.165) is 13.2 Å². The van der Waals surface area contributed by atoms with Crippen molar-refractivity contribution in [3.63, 3.8) is 0 Å². The molecule has 0 aliphatic heterocycles. The van der Waals surface area contributed by atoms with Gasteiger partial charge in [0.25, 0.3) is 5.69 Å². The number of rotatable bonds is 5. The Kier molecular flexibility index (Phi) is 5.26. The number of aromatic nitrogens is 1. The van der Waals surface area contributed by atoms with Gasteiger partial charge in [0.15, 0.2) is 0 Å². The van der Waals surface area contributed by atoms with Crippen molar-refractivity contribution >= 4 is 22.7 Å². The van der Waals surface area contributed by atoms with E-state index in [2.05, 4.69) is 15.0 Å². The summed E-state index contributed by atoms with van der Waals surface area (Å²) in [6.45, 7) is 1.44. The number of alkyl halides is 5. The number of hydrogen-bond donors (Lipinski definition) is 0. The van der Waals surface area contributed by atoms with Crippen molar-refractivity contribution in [3.8, 4) is 0 Å². The average Bonchev–Trinajstić information content (AvgIpc) is 3.01. The Morgan fingerprint density at radius 1 is 1.31 bits per heavy atom. The van der Waals surface area contributed by atoms with Gasteiger partial charge in [-0.2, -0.15) is 22.0 Å². The maximum atomic E-state index is 13.4. The third-order valence-corrected chi connectivity index (χ3v) is 4.08. The van der Waals surface area contributed by atoms with Crippen molar-refractivity contribution < 1.29 is 31.7 Å². The van der Waals surface area contributed by atoms with Crippen LogP contribution in [-0.2, 0) is 10.8 Å². The van der Waals surface area contributed by atoms with Gasteiger partial charge < -0.3 is 4.84 Å². The van der Waals surface area contributed by atoms with Gasteiger partial charge in [0.1, 0.15) is 23.5 Å². The zero-order chi connectivity index (χ0) is 19.7. The first-order valence-electron chi connectivity index (χ1n) is 6.76. The lowest BCUT2D eigenvalue weighted by molar-refractivity contribution is -0.385. The molecule has 0 bridgehead atoms. The van der Waals surface area contributed by atoms with Crippen LogP contribution in [-0.4, -0.2) is 28.9 Å². The number of aryl methyl sites for hydroxylation is 1. The minimum Gasteiger partial charge on any atom is -0.399 e. The Balaban J connectivity index is 2.49. The van der Waals surface area contributed by atoms with Crippen LogP contribution in [0, 0.1) is 17.0 Å². The zero-order valence-electron chi connectivity index (χ0n) is 13.2. The first-order valence-corrected chi connectivity index (χ1v) is 7.64. The van der Waals surface area contributed by atoms with E-state index >= 15 is 0 Å². The second-order valence-electron chi connectivity index (χ2n) is 4.99. The lowest BCUT2D eigenvalue weighted by Gasteiger charge is -2.16. The highest BCUT2D eigenvalue weighted by molar-refractivity contribution is 7.12. The smallest absolute Gasteiger partial charge is 0.399 e. The van der Waals surface area contributed by atoms with Crippen molar-refractivity contribution in [2.75, 3.05) is 7.11 Å². The molecular formula is C14H10F5N3O3S. The van der Waals surface area contributed by atoms with E-state index in [1.165, 1.54) is 19.1 Å². The molecule has 0 saturated heterocycles. The molecule has 2 aromatic rings. The van der Waals surface area contributed by atoms with Crippen molar-refractivity contribution in [1.29, 1.82) is 0 Å². The monoisotopic (exact) mass is 395 g/mol. The molecule has 12 heteroatoms. The summed E-state index contributed by atoms with van der Waals surface area (Å²) in [5.41, 5.74) is -1.32. The summed E-state index contributed by atoms with van der Waals surface area (Å²) in [4.78, 5) is 18.2. The number of nitrogens with zero attached hydrogens (tertiary/aromatic N) is 3. The summed E-state index contributed by atoms with van der Waals surface area (Å²) >= 11 is 0.516. The molecule has 0 aliphatic rings. The van der Waals surface area contributed by atoms with Crippen molar-refractivity contribution in [2.45, 2.75) is 19.0 Å². The zero-order valence-corrected chi connectivity index (χ0v) is 14.0. The van der Waals surface area contributed by atoms with Crippen LogP contribution < -0.4 is 0 Å². The molecule has 2 rings (SSSR count). The van der Waals surface area contributed by atoms with E-state index in [4.69, 9.17) is 0 Å². The molecule has 0 fully saturated rings. The van der Waals surface area contributed by atoms with E-state index in [-0.39, 0.29) is 27.5 Å². The standard InChI is InChI=1S/C14H10F5N3O3S/c1-7-5-8(3-4-9(7)22(23)24)11(21-25-2)12-20-10(6-26-12)13(15,16)14(17,18)19/h3-6H,1-2H3. The van der Waals surface area contributed by atoms with E-state index in [1.807, 2.05) is 0 Å². The molecule has 26 heavy (non-hydrogen) atoms. The third kappa shape index (κ3) is 3.64. The quantitative estimate of drug-likeness (QED) is 0.325. The number of halogens is 5. The summed E-state index contributed by atoms with van der Waals surface area (Å²) in [5.74, 6) is -5.12. The second-order valence-corrected chi connectivity index (χ2v) is 5.85. The van der Waals surface area contributed by atoms with Gasteiger partial charge in [-0.25, -0.2) is 4.98 Å². The molecule has 1 aromatic heterocycles. The Morgan fingerprint density at radius 2 is 1.96 bits per heavy atom. The van der Waals surface area contributed by atoms with Crippen molar-refractivity contribution in [3.05, 3.63) is 55.5 Å². The fourth-order valence-corrected chi connectivity index (χ4v) is 2.83. The predicted octanol–water partition coefficient (Wildman–Crippen LogP) is 4.41. The number of nitro benzene ring substituents is 1. The summed E-state index contributed by atoms with van der Waals surface area (Å²) in [5, 5.41) is 14.8. The van der Waals surface area contributed by atoms with Crippen LogP contribution in [0.5, 0.6) is 0 Å². The molecule has 0 spiro atoms. The lowest BCUT2D eigenvalue weighted by Crippen LogP contribution is -2.34. The van der Waals surface area contributed by atoms with Gasteiger partial charge in [-0.3, -0.25) is 10.1 Å². The normalized spacial score (nSPS) is 13.0. The van der Waals surface area contributed by atoms with Gasteiger partial charge in [-0.15, -0.1) is 11.3 Å². The Hall–Kier alpha value is -2.63. The largest absolute Gasteiger partial charge is 0.459 e. The molecule has 1 heterocycles. The molecule has 0 aliphatic carbocycles. The van der Waals surface area contributed by atoms with Crippen LogP contribution in [0.15, 0.2) is 28.7 Å². The molecular weight excluding hydrogens is 385 g/mol. The Morgan fingerprint density at radius 3 is 2.46 bits per heavy atom. The van der Waals surface area contributed by atoms with Gasteiger partial charge in [0, 0.05) is 22.6 Å². The van der Waals surface area contributed by atoms with Crippen LogP contribution in [0.1, 0.15) is 21.8 Å². The summed E-state index contributed by atoms with van der Waals surface area (Å²) in [6.07, 6.45) is -5.79. The number of benzene rings is 1. The molecule has 0 amide bonds. The highest BCUT2D eigenvalue weighted by Crippen LogP contribution is 2.44. The minimum atomic E-state index is -5.79. The van der Waals surface area contributed by atoms with Gasteiger partial charge >= 0.3 is 12.1 Å². The summed E-state index contributed by atoms with van der Waals surface area (Å²) < 4.78 is 64.2. The fraction of sp³-hybridized carbons (Fsp3) is 0.286. The van der Waals surface area contributed by atoms with E-state index in [9.17, 15) is 32.1 Å². The topological polar surface area (TPSA) is 77.6 Å². The first-order chi connectivity index (χ1) is 12.0. The van der Waals surface area contributed by atoms with Crippen molar-refractivity contribution in [2.24, 2.45) is 5.16 Å². The van der Waals surface area contributed by atoms with Crippen LogP contribution in [0.25, 0.3) is 0 Å². The lowest BCUT2D eigenvalue weighted by atomic mass is 10.1. The molecule has 0 N–H and O–H groups in total. The van der Waals surface area contributed by atoms with Crippen LogP contribution in [0.3, 0.4) is 0 Å². The number of nitro groups is 1. The molecule has 0 saturated carbocycles. The van der Waals surface area contributed by atoms with Gasteiger partial charge in [-0.05, 0) is 19.1 Å². The average molecular weight is 395 g/mol. The first kappa shape index (κ1) is 19.7. The number of hydrogen-bond acceptors (Lipinski definition) is 6. The second kappa shape index (κ2) is 6.94. The van der Waals surface area contributed by atoms with E-state index in [1.54, 1.807) is 0 Å². The molecule has 0 atom stereocenters. The van der Waals surface area contributed by atoms with Gasteiger partial charge in [0.2, 0.25) is 0 Å². The number of thiazole rings is 1. The predicted molar refractivity (Wildman–Crippen MR) is 82.5 cm³/mol.